The molecular weight excluding hydrogens is 426 g/mol. The molecule has 1 aliphatic heterocycles. The molecule has 0 radical (unpaired) electrons. The summed E-state index contributed by atoms with van der Waals surface area (Å²) in [5, 5.41) is 68.3. The summed E-state index contributed by atoms with van der Waals surface area (Å²) >= 11 is 0. The fourth-order valence-electron chi connectivity index (χ4n) is 3.38. The van der Waals surface area contributed by atoms with Crippen LogP contribution >= 0.6 is 0 Å². The molecular formula is C21H17NO10. The van der Waals surface area contributed by atoms with Crippen LogP contribution in [0.3, 0.4) is 0 Å². The van der Waals surface area contributed by atoms with E-state index >= 15 is 0 Å². The lowest BCUT2D eigenvalue weighted by molar-refractivity contribution is -0.0194. The summed E-state index contributed by atoms with van der Waals surface area (Å²) in [6.45, 7) is 0. The van der Waals surface area contributed by atoms with Crippen LogP contribution in [0.25, 0.3) is 0 Å². The SMILES string of the molecule is O=C(OC1Cc2c(O)cc(O)cc2OC1c1cc(O)c(O)c(O)c1)c1ccc(O)c(O)n1. The lowest BCUT2D eigenvalue weighted by Gasteiger charge is -2.34. The van der Waals surface area contributed by atoms with Gasteiger partial charge in [-0.25, -0.2) is 9.78 Å². The predicted octanol–water partition coefficient (Wildman–Crippen LogP) is 1.92. The van der Waals surface area contributed by atoms with Gasteiger partial charge < -0.3 is 45.2 Å². The number of hydrogen-bond donors (Lipinski definition) is 7. The standard InChI is InChI=1S/C21H17NO10/c23-9-5-13(25)10-7-17(32-21(30)11-1-2-12(24)20(29)22-11)19(31-16(10)6-9)8-3-14(26)18(28)15(27)4-8/h1-6,17,19,23-28H,7H2,(H,22,29). The quantitative estimate of drug-likeness (QED) is 0.231. The van der Waals surface area contributed by atoms with Crippen molar-refractivity contribution in [3.05, 3.63) is 53.2 Å². The van der Waals surface area contributed by atoms with Crippen molar-refractivity contribution in [3.63, 3.8) is 0 Å². The Labute approximate surface area is 179 Å². The first-order chi connectivity index (χ1) is 15.1. The van der Waals surface area contributed by atoms with Gasteiger partial charge in [-0.3, -0.25) is 0 Å². The minimum absolute atomic E-state index is 0.0762. The van der Waals surface area contributed by atoms with Crippen molar-refractivity contribution >= 4 is 5.97 Å². The van der Waals surface area contributed by atoms with Crippen LogP contribution < -0.4 is 4.74 Å². The Morgan fingerprint density at radius 2 is 1.59 bits per heavy atom. The van der Waals surface area contributed by atoms with Gasteiger partial charge >= 0.3 is 5.97 Å². The maximum absolute atomic E-state index is 12.6. The zero-order valence-electron chi connectivity index (χ0n) is 16.1. The summed E-state index contributed by atoms with van der Waals surface area (Å²) in [4.78, 5) is 16.2. The van der Waals surface area contributed by atoms with Crippen molar-refractivity contribution in [1.82, 2.24) is 4.98 Å². The number of carbonyl (C=O) groups excluding carboxylic acids is 1. The summed E-state index contributed by atoms with van der Waals surface area (Å²) in [5.74, 6) is -4.87. The van der Waals surface area contributed by atoms with Crippen molar-refractivity contribution in [1.29, 1.82) is 0 Å². The number of carbonyl (C=O) groups is 1. The Morgan fingerprint density at radius 3 is 2.25 bits per heavy atom. The van der Waals surface area contributed by atoms with Crippen LogP contribution in [0, 0.1) is 0 Å². The molecule has 7 N–H and O–H groups in total. The summed E-state index contributed by atoms with van der Waals surface area (Å²) in [5.41, 5.74) is 0.0207. The van der Waals surface area contributed by atoms with Crippen molar-refractivity contribution in [2.45, 2.75) is 18.6 Å². The molecule has 1 aliphatic rings. The fourth-order valence-corrected chi connectivity index (χ4v) is 3.38. The highest BCUT2D eigenvalue weighted by molar-refractivity contribution is 5.87. The molecule has 2 unspecified atom stereocenters. The van der Waals surface area contributed by atoms with Gasteiger partial charge in [0.2, 0.25) is 0 Å². The van der Waals surface area contributed by atoms with Crippen molar-refractivity contribution in [3.8, 4) is 46.1 Å². The lowest BCUT2D eigenvalue weighted by atomic mass is 9.93. The van der Waals surface area contributed by atoms with E-state index in [4.69, 9.17) is 9.47 Å². The fraction of sp³-hybridized carbons (Fsp3) is 0.143. The number of aromatic nitrogens is 1. The second kappa shape index (κ2) is 7.61. The van der Waals surface area contributed by atoms with Crippen molar-refractivity contribution in [2.24, 2.45) is 0 Å². The largest absolute Gasteiger partial charge is 0.508 e. The van der Waals surface area contributed by atoms with Crippen LogP contribution in [-0.4, -0.2) is 52.8 Å². The molecule has 0 saturated heterocycles. The molecule has 11 heteroatoms. The number of pyridine rings is 1. The van der Waals surface area contributed by atoms with E-state index < -0.39 is 47.1 Å². The average Bonchev–Trinajstić information content (AvgIpc) is 2.73. The number of phenols is 5. The number of benzene rings is 2. The van der Waals surface area contributed by atoms with Crippen LogP contribution in [0.4, 0.5) is 0 Å². The summed E-state index contributed by atoms with van der Waals surface area (Å²) in [7, 11) is 0. The van der Waals surface area contributed by atoms with Crippen molar-refractivity contribution < 1.29 is 50.0 Å². The third kappa shape index (κ3) is 3.67. The third-order valence-corrected chi connectivity index (χ3v) is 4.91. The molecule has 0 aliphatic carbocycles. The topological polar surface area (TPSA) is 190 Å². The van der Waals surface area contributed by atoms with Gasteiger partial charge in [0.15, 0.2) is 34.8 Å². The molecule has 0 fully saturated rings. The molecule has 2 atom stereocenters. The number of rotatable bonds is 3. The summed E-state index contributed by atoms with van der Waals surface area (Å²) < 4.78 is 11.3. The Morgan fingerprint density at radius 1 is 0.906 bits per heavy atom. The Bertz CT molecular complexity index is 1200. The van der Waals surface area contributed by atoms with Gasteiger partial charge in [-0.1, -0.05) is 0 Å². The van der Waals surface area contributed by atoms with E-state index in [1.165, 1.54) is 6.07 Å². The number of ether oxygens (including phenoxy) is 2. The van der Waals surface area contributed by atoms with E-state index in [-0.39, 0.29) is 40.5 Å². The van der Waals surface area contributed by atoms with Gasteiger partial charge in [-0.2, -0.15) is 0 Å². The van der Waals surface area contributed by atoms with E-state index in [2.05, 4.69) is 4.98 Å². The summed E-state index contributed by atoms with van der Waals surface area (Å²) in [6, 6.07) is 6.68. The molecule has 166 valence electrons. The molecule has 3 aromatic rings. The highest BCUT2D eigenvalue weighted by atomic mass is 16.6. The van der Waals surface area contributed by atoms with Crippen LogP contribution in [0.5, 0.6) is 46.1 Å². The number of nitrogens with zero attached hydrogens (tertiary/aromatic N) is 1. The summed E-state index contributed by atoms with van der Waals surface area (Å²) in [6.07, 6.45) is -2.37. The number of aromatic hydroxyl groups is 7. The predicted molar refractivity (Wildman–Crippen MR) is 105 cm³/mol. The molecule has 4 rings (SSSR count). The minimum Gasteiger partial charge on any atom is -0.508 e. The maximum Gasteiger partial charge on any atom is 0.357 e. The highest BCUT2D eigenvalue weighted by Gasteiger charge is 2.37. The number of fused-ring (bicyclic) bond motifs is 1. The third-order valence-electron chi connectivity index (χ3n) is 4.91. The van der Waals surface area contributed by atoms with Crippen LogP contribution in [0.2, 0.25) is 0 Å². The van der Waals surface area contributed by atoms with Crippen LogP contribution in [0.15, 0.2) is 36.4 Å². The van der Waals surface area contributed by atoms with Gasteiger partial charge in [0.05, 0.1) is 0 Å². The molecule has 2 heterocycles. The first-order valence-corrected chi connectivity index (χ1v) is 9.20. The first-order valence-electron chi connectivity index (χ1n) is 9.20. The Balaban J connectivity index is 1.74. The lowest BCUT2D eigenvalue weighted by Crippen LogP contribution is -2.35. The zero-order valence-corrected chi connectivity index (χ0v) is 16.1. The zero-order chi connectivity index (χ0) is 23.2. The van der Waals surface area contributed by atoms with Crippen LogP contribution in [0.1, 0.15) is 27.7 Å². The average molecular weight is 443 g/mol. The Hall–Kier alpha value is -4.54. The molecule has 32 heavy (non-hydrogen) atoms. The maximum atomic E-state index is 12.6. The second-order valence-electron chi connectivity index (χ2n) is 7.07. The number of hydrogen-bond acceptors (Lipinski definition) is 11. The number of phenolic OH excluding ortho intramolecular Hbond substituents is 5. The highest BCUT2D eigenvalue weighted by Crippen LogP contribution is 2.45. The van der Waals surface area contributed by atoms with E-state index in [0.717, 1.165) is 30.3 Å². The molecule has 0 amide bonds. The van der Waals surface area contributed by atoms with Gasteiger partial charge in [-0.15, -0.1) is 0 Å². The van der Waals surface area contributed by atoms with Gasteiger partial charge in [-0.05, 0) is 24.3 Å². The Kier molecular flexibility index (Phi) is 4.93. The van der Waals surface area contributed by atoms with E-state index in [0.29, 0.717) is 0 Å². The molecule has 0 spiro atoms. The van der Waals surface area contributed by atoms with E-state index in [1.807, 2.05) is 0 Å². The van der Waals surface area contributed by atoms with Crippen LogP contribution in [-0.2, 0) is 11.2 Å². The van der Waals surface area contributed by atoms with E-state index in [1.54, 1.807) is 0 Å². The van der Waals surface area contributed by atoms with Gasteiger partial charge in [0, 0.05) is 29.7 Å². The second-order valence-corrected chi connectivity index (χ2v) is 7.07. The van der Waals surface area contributed by atoms with Gasteiger partial charge in [0.1, 0.15) is 23.4 Å². The smallest absolute Gasteiger partial charge is 0.357 e. The minimum atomic E-state index is -1.14. The van der Waals surface area contributed by atoms with E-state index in [9.17, 15) is 40.5 Å². The molecule has 0 bridgehead atoms. The normalized spacial score (nSPS) is 17.2. The molecule has 1 aromatic heterocycles. The number of esters is 1. The monoisotopic (exact) mass is 443 g/mol. The van der Waals surface area contributed by atoms with Crippen molar-refractivity contribution in [2.75, 3.05) is 0 Å². The first kappa shape index (κ1) is 20.7. The molecule has 2 aromatic carbocycles. The molecule has 11 nitrogen and oxygen atoms in total. The van der Waals surface area contributed by atoms with Gasteiger partial charge in [0.25, 0.3) is 5.88 Å². The molecule has 0 saturated carbocycles.